The maximum atomic E-state index is 12.3. The van der Waals surface area contributed by atoms with Crippen LogP contribution in [0.4, 0.5) is 11.5 Å². The summed E-state index contributed by atoms with van der Waals surface area (Å²) in [6.45, 7) is 20.2. The van der Waals surface area contributed by atoms with Crippen molar-refractivity contribution in [2.24, 2.45) is 11.8 Å². The molecule has 274 valence electrons. The van der Waals surface area contributed by atoms with Gasteiger partial charge >= 0.3 is 0 Å². The van der Waals surface area contributed by atoms with Crippen LogP contribution in [-0.4, -0.2) is 74.0 Å². The number of amides is 1. The van der Waals surface area contributed by atoms with Crippen molar-refractivity contribution in [1.29, 1.82) is 0 Å². The van der Waals surface area contributed by atoms with Crippen LogP contribution in [-0.2, 0) is 30.8 Å². The molecule has 2 aromatic carbocycles. The van der Waals surface area contributed by atoms with Gasteiger partial charge in [-0.1, -0.05) is 57.2 Å². The van der Waals surface area contributed by atoms with Crippen LogP contribution in [0.15, 0.2) is 73.6 Å². The fourth-order valence-corrected chi connectivity index (χ4v) is 9.56. The van der Waals surface area contributed by atoms with Gasteiger partial charge in [-0.2, -0.15) is 0 Å². The van der Waals surface area contributed by atoms with Crippen LogP contribution in [0.25, 0.3) is 39.0 Å². The van der Waals surface area contributed by atoms with E-state index < -0.39 is 0 Å². The Hall–Kier alpha value is -5.18. The van der Waals surface area contributed by atoms with Crippen LogP contribution >= 0.6 is 0 Å². The zero-order chi connectivity index (χ0) is 36.4. The Labute approximate surface area is 314 Å². The zero-order valence-electron chi connectivity index (χ0n) is 31.6. The number of aromatic nitrogens is 4. The molecule has 2 fully saturated rings. The lowest BCUT2D eigenvalue weighted by molar-refractivity contribution is -0.130. The molecule has 2 saturated heterocycles. The molecule has 3 aromatic heterocycles. The Morgan fingerprint density at radius 2 is 1.70 bits per heavy atom. The molecule has 3 atom stereocenters. The van der Waals surface area contributed by atoms with Gasteiger partial charge in [0, 0.05) is 130 Å². The van der Waals surface area contributed by atoms with Crippen molar-refractivity contribution in [2.45, 2.75) is 72.6 Å². The molecule has 0 aliphatic carbocycles. The highest BCUT2D eigenvalue weighted by molar-refractivity contribution is 5.97. The number of hydrogen-bond donors (Lipinski definition) is 0. The Balaban J connectivity index is 0.00000413. The molecule has 0 bridgehead atoms. The molecule has 9 heteroatoms. The van der Waals surface area contributed by atoms with Crippen LogP contribution in [0.2, 0.25) is 0 Å². The summed E-state index contributed by atoms with van der Waals surface area (Å²) in [5.74, 6) is 3.48. The Kier molecular flexibility index (Phi) is 8.47. The maximum Gasteiger partial charge on any atom is 0.219 e. The summed E-state index contributed by atoms with van der Waals surface area (Å²) in [7, 11) is 0. The summed E-state index contributed by atoms with van der Waals surface area (Å²) >= 11 is 0. The summed E-state index contributed by atoms with van der Waals surface area (Å²) in [5, 5.41) is 2.18. The molecule has 0 N–H and O–H groups in total. The third-order valence-electron chi connectivity index (χ3n) is 12.4. The van der Waals surface area contributed by atoms with Crippen LogP contribution in [0.3, 0.4) is 0 Å². The van der Waals surface area contributed by atoms with E-state index in [9.17, 15) is 4.79 Å². The van der Waals surface area contributed by atoms with Gasteiger partial charge in [-0.05, 0) is 43.0 Å². The van der Waals surface area contributed by atoms with Gasteiger partial charge in [0.15, 0.2) is 0 Å². The Morgan fingerprint density at radius 3 is 2.43 bits per heavy atom. The molecule has 9 rings (SSSR count). The first-order valence-corrected chi connectivity index (χ1v) is 19.6. The second-order valence-corrected chi connectivity index (χ2v) is 15.6. The topological polar surface area (TPSA) is 73.6 Å². The van der Waals surface area contributed by atoms with E-state index in [0.29, 0.717) is 24.4 Å². The molecule has 2 unspecified atom stereocenters. The number of rotatable bonds is 8. The minimum absolute atomic E-state index is 0. The van der Waals surface area contributed by atoms with Gasteiger partial charge in [0.25, 0.3) is 0 Å². The summed E-state index contributed by atoms with van der Waals surface area (Å²) in [6.07, 6.45) is 7.20. The van der Waals surface area contributed by atoms with E-state index in [1.54, 1.807) is 6.92 Å². The predicted octanol–water partition coefficient (Wildman–Crippen LogP) is 7.88. The van der Waals surface area contributed by atoms with Gasteiger partial charge < -0.3 is 24.2 Å². The number of nitrogens with zero attached hydrogens (tertiary/aromatic N) is 8. The lowest BCUT2D eigenvalue weighted by Crippen LogP contribution is -2.37. The number of pyridine rings is 2. The first-order chi connectivity index (χ1) is 25.8. The number of benzene rings is 2. The number of aryl methyl sites for hydroxylation is 1. The quantitative estimate of drug-likeness (QED) is 0.162. The number of hydrogen-bond acceptors (Lipinski definition) is 7. The summed E-state index contributed by atoms with van der Waals surface area (Å²) in [5.41, 5.74) is 10.4. The first-order valence-electron chi connectivity index (χ1n) is 19.6. The van der Waals surface area contributed by atoms with Crippen molar-refractivity contribution < 1.29 is 6.22 Å². The molecule has 4 aliphatic rings. The average molecular weight is 709 g/mol. The minimum atomic E-state index is 0. The van der Waals surface area contributed by atoms with E-state index in [4.69, 9.17) is 15.0 Å². The molecule has 1 amide bonds. The maximum absolute atomic E-state index is 12.3. The minimum Gasteiger partial charge on any atom is -0.371 e. The SMILES string of the molecule is C=C1c2cccc(N3CC4CN(c5ccc(-c6cc7cccc(-c8nc(CC)n9c8CN(C(C)=O)CC9)c7cn6)cn5)C[C@@H]4C3)c2CN1C(C)CCC.[HH]. The van der Waals surface area contributed by atoms with E-state index in [-0.39, 0.29) is 7.33 Å². The van der Waals surface area contributed by atoms with E-state index >= 15 is 0 Å². The molecule has 7 heterocycles. The molecular formula is C44H52N8O. The standard InChI is InChI=1S/C44H50N8O.H2/c1-6-10-28(3)52-26-38-35(29(52)4)12-9-14-40(38)49-22-33-24-50(25-34(33)23-49)43-16-15-32(20-46-43)39-19-31-11-8-13-36(37(31)21-45-39)44-41-27-48(30(5)53)17-18-51(41)42(7-2)47-44;/h8-9,11-16,19-21,28,33-34H,4,6-7,10,17-18,22-27H2,1-3,5H3;1H/t28?,33-,34?;/m0./s1. The predicted molar refractivity (Wildman–Crippen MR) is 216 cm³/mol. The molecule has 0 saturated carbocycles. The largest absolute Gasteiger partial charge is 0.371 e. The summed E-state index contributed by atoms with van der Waals surface area (Å²) in [4.78, 5) is 36.8. The third kappa shape index (κ3) is 5.76. The van der Waals surface area contributed by atoms with E-state index in [1.807, 2.05) is 17.3 Å². The van der Waals surface area contributed by atoms with E-state index in [0.717, 1.165) is 103 Å². The van der Waals surface area contributed by atoms with Crippen molar-refractivity contribution in [3.05, 3.63) is 96.2 Å². The Bertz CT molecular complexity index is 2220. The molecule has 9 nitrogen and oxygen atoms in total. The fourth-order valence-electron chi connectivity index (χ4n) is 9.56. The number of anilines is 2. The van der Waals surface area contributed by atoms with Gasteiger partial charge in [0.2, 0.25) is 5.91 Å². The second-order valence-electron chi connectivity index (χ2n) is 15.6. The normalized spacial score (nSPS) is 20.0. The number of carbonyl (C=O) groups is 1. The average Bonchev–Trinajstić information content (AvgIpc) is 3.95. The molecule has 0 spiro atoms. The Morgan fingerprint density at radius 1 is 0.925 bits per heavy atom. The van der Waals surface area contributed by atoms with Gasteiger partial charge in [0.05, 0.1) is 23.6 Å². The first kappa shape index (κ1) is 33.6. The molecule has 0 radical (unpaired) electrons. The number of fused-ring (bicyclic) bond motifs is 4. The van der Waals surface area contributed by atoms with Crippen LogP contribution in [0.1, 0.15) is 64.6 Å². The third-order valence-corrected chi connectivity index (χ3v) is 12.4. The van der Waals surface area contributed by atoms with Gasteiger partial charge in [-0.15, -0.1) is 0 Å². The molecule has 53 heavy (non-hydrogen) atoms. The van der Waals surface area contributed by atoms with E-state index in [2.05, 4.69) is 101 Å². The molecule has 4 aliphatic heterocycles. The van der Waals surface area contributed by atoms with Crippen LogP contribution in [0.5, 0.6) is 0 Å². The lowest BCUT2D eigenvalue weighted by atomic mass is 10.0. The van der Waals surface area contributed by atoms with Crippen molar-refractivity contribution >= 4 is 33.9 Å². The highest BCUT2D eigenvalue weighted by Gasteiger charge is 2.42. The summed E-state index contributed by atoms with van der Waals surface area (Å²) < 4.78 is 2.31. The van der Waals surface area contributed by atoms with Crippen molar-refractivity contribution in [3.8, 4) is 22.5 Å². The highest BCUT2D eigenvalue weighted by atomic mass is 16.2. The zero-order valence-corrected chi connectivity index (χ0v) is 31.6. The van der Waals surface area contributed by atoms with Crippen molar-refractivity contribution in [2.75, 3.05) is 42.5 Å². The molecular weight excluding hydrogens is 657 g/mol. The number of carbonyl (C=O) groups excluding carboxylic acids is 1. The fraction of sp³-hybridized carbons (Fsp3) is 0.409. The highest BCUT2D eigenvalue weighted by Crippen LogP contribution is 2.43. The van der Waals surface area contributed by atoms with Gasteiger partial charge in [-0.3, -0.25) is 9.78 Å². The van der Waals surface area contributed by atoms with Gasteiger partial charge in [0.1, 0.15) is 11.6 Å². The van der Waals surface area contributed by atoms with E-state index in [1.165, 1.54) is 35.4 Å². The second kappa shape index (κ2) is 13.3. The number of imidazole rings is 1. The van der Waals surface area contributed by atoms with Crippen molar-refractivity contribution in [1.82, 2.24) is 29.3 Å². The molecule has 5 aromatic rings. The van der Waals surface area contributed by atoms with Gasteiger partial charge in [-0.25, -0.2) is 9.97 Å². The summed E-state index contributed by atoms with van der Waals surface area (Å²) in [6, 6.07) is 20.2. The van der Waals surface area contributed by atoms with Crippen molar-refractivity contribution in [3.63, 3.8) is 0 Å². The lowest BCUT2D eigenvalue weighted by Gasteiger charge is -2.28. The van der Waals surface area contributed by atoms with Crippen LogP contribution < -0.4 is 9.80 Å². The van der Waals surface area contributed by atoms with Crippen LogP contribution in [0, 0.1) is 11.8 Å². The smallest absolute Gasteiger partial charge is 0.219 e. The monoisotopic (exact) mass is 708 g/mol.